The van der Waals surface area contributed by atoms with Gasteiger partial charge in [0.2, 0.25) is 11.8 Å². The molecule has 0 amide bonds. The summed E-state index contributed by atoms with van der Waals surface area (Å²) >= 11 is 6.33. The molecule has 0 aromatic carbocycles. The molecule has 2 aromatic rings. The maximum Gasteiger partial charge on any atom is 0.421 e. The first-order chi connectivity index (χ1) is 18.4. The van der Waals surface area contributed by atoms with E-state index in [1.165, 1.54) is 26.6 Å². The SMILES string of the molecule is COc1cc(N2CCC(Oc3ncc(N4C[C@H](OC)[C@@H](C)[C@@H]4CC(=O)O)cc3C(F)(F)F)C(C)C2)c(Cl)cn1. The standard InChI is InChI=1S/C26H32ClF3N4O5/c1-14-12-33(20-8-23(38-4)31-11-18(20)27)6-5-21(14)39-25-17(26(28,29)30)7-16(10-32-25)34-13-22(37-3)15(2)19(34)9-24(35)36/h7-8,10-11,14-15,19,21-22H,5-6,9,12-13H2,1-4H3,(H,35,36)/t14?,15-,19-,21?,22-/m0/s1. The number of hydrogen-bond acceptors (Lipinski definition) is 8. The van der Waals surface area contributed by atoms with Crippen LogP contribution in [0.2, 0.25) is 5.02 Å². The van der Waals surface area contributed by atoms with Gasteiger partial charge in [-0.15, -0.1) is 0 Å². The summed E-state index contributed by atoms with van der Waals surface area (Å²) in [6.45, 7) is 4.99. The molecule has 39 heavy (non-hydrogen) atoms. The zero-order valence-corrected chi connectivity index (χ0v) is 22.9. The van der Waals surface area contributed by atoms with Gasteiger partial charge in [0.05, 0.1) is 48.4 Å². The van der Waals surface area contributed by atoms with Crippen molar-refractivity contribution in [3.63, 3.8) is 0 Å². The Morgan fingerprint density at radius 3 is 2.51 bits per heavy atom. The van der Waals surface area contributed by atoms with Crippen LogP contribution in [0.1, 0.15) is 32.3 Å². The van der Waals surface area contributed by atoms with E-state index in [1.54, 1.807) is 11.0 Å². The number of pyridine rings is 2. The fourth-order valence-electron chi connectivity index (χ4n) is 5.41. The molecular formula is C26H32ClF3N4O5. The zero-order valence-electron chi connectivity index (χ0n) is 22.1. The average Bonchev–Trinajstić information content (AvgIpc) is 3.19. The van der Waals surface area contributed by atoms with Crippen LogP contribution in [0, 0.1) is 11.8 Å². The van der Waals surface area contributed by atoms with Gasteiger partial charge in [0, 0.05) is 57.1 Å². The van der Waals surface area contributed by atoms with Crippen LogP contribution in [0.4, 0.5) is 24.5 Å². The third-order valence-corrected chi connectivity index (χ3v) is 7.87. The van der Waals surface area contributed by atoms with Gasteiger partial charge in [0.15, 0.2) is 0 Å². The van der Waals surface area contributed by atoms with Gasteiger partial charge >= 0.3 is 12.1 Å². The van der Waals surface area contributed by atoms with Gasteiger partial charge in [0.1, 0.15) is 11.7 Å². The quantitative estimate of drug-likeness (QED) is 0.480. The lowest BCUT2D eigenvalue weighted by Crippen LogP contribution is -2.45. The van der Waals surface area contributed by atoms with Crippen molar-refractivity contribution < 1.29 is 37.3 Å². The Labute approximate surface area is 229 Å². The third-order valence-electron chi connectivity index (χ3n) is 7.58. The maximum absolute atomic E-state index is 14.2. The Hall–Kier alpha value is -2.99. The van der Waals surface area contributed by atoms with E-state index in [0.29, 0.717) is 30.4 Å². The summed E-state index contributed by atoms with van der Waals surface area (Å²) in [6.07, 6.45) is -2.52. The number of piperidine rings is 1. The summed E-state index contributed by atoms with van der Waals surface area (Å²) in [6, 6.07) is 2.18. The van der Waals surface area contributed by atoms with Crippen LogP contribution in [0.3, 0.4) is 0 Å². The number of nitrogens with zero attached hydrogens (tertiary/aromatic N) is 4. The van der Waals surface area contributed by atoms with E-state index in [0.717, 1.165) is 11.8 Å². The van der Waals surface area contributed by atoms with Crippen LogP contribution >= 0.6 is 11.6 Å². The Bertz CT molecular complexity index is 1190. The number of carbonyl (C=O) groups is 1. The monoisotopic (exact) mass is 572 g/mol. The molecule has 1 N–H and O–H groups in total. The number of aromatic nitrogens is 2. The fraction of sp³-hybridized carbons (Fsp3) is 0.577. The highest BCUT2D eigenvalue weighted by Gasteiger charge is 2.43. The van der Waals surface area contributed by atoms with Crippen LogP contribution in [0.25, 0.3) is 0 Å². The van der Waals surface area contributed by atoms with E-state index in [9.17, 15) is 23.1 Å². The van der Waals surface area contributed by atoms with Crippen molar-refractivity contribution in [1.82, 2.24) is 9.97 Å². The molecule has 2 unspecified atom stereocenters. The predicted octanol–water partition coefficient (Wildman–Crippen LogP) is 4.77. The van der Waals surface area contributed by atoms with E-state index >= 15 is 0 Å². The van der Waals surface area contributed by atoms with Crippen molar-refractivity contribution in [2.45, 2.75) is 51.1 Å². The van der Waals surface area contributed by atoms with E-state index < -0.39 is 35.7 Å². The average molecular weight is 573 g/mol. The number of hydrogen-bond donors (Lipinski definition) is 1. The van der Waals surface area contributed by atoms with Gasteiger partial charge in [-0.3, -0.25) is 4.79 Å². The third kappa shape index (κ3) is 6.27. The number of halogens is 4. The number of carboxylic acid groups (broad SMARTS) is 1. The van der Waals surface area contributed by atoms with E-state index in [2.05, 4.69) is 9.97 Å². The molecule has 2 aliphatic rings. The maximum atomic E-state index is 14.2. The molecule has 2 saturated heterocycles. The molecule has 4 rings (SSSR count). The number of carboxylic acids is 1. The summed E-state index contributed by atoms with van der Waals surface area (Å²) < 4.78 is 59.1. The zero-order chi connectivity index (χ0) is 28.5. The first-order valence-corrected chi connectivity index (χ1v) is 13.0. The van der Waals surface area contributed by atoms with Crippen molar-refractivity contribution >= 4 is 28.9 Å². The second kappa shape index (κ2) is 11.6. The van der Waals surface area contributed by atoms with Crippen LogP contribution in [0.5, 0.6) is 11.8 Å². The van der Waals surface area contributed by atoms with Crippen LogP contribution < -0.4 is 19.3 Å². The lowest BCUT2D eigenvalue weighted by molar-refractivity contribution is -0.140. The van der Waals surface area contributed by atoms with Crippen LogP contribution in [-0.2, 0) is 15.7 Å². The van der Waals surface area contributed by atoms with Crippen molar-refractivity contribution in [3.05, 3.63) is 35.1 Å². The summed E-state index contributed by atoms with van der Waals surface area (Å²) in [5.74, 6) is -1.46. The summed E-state index contributed by atoms with van der Waals surface area (Å²) in [4.78, 5) is 23.3. The van der Waals surface area contributed by atoms with Crippen molar-refractivity contribution in [1.29, 1.82) is 0 Å². The number of anilines is 2. The lowest BCUT2D eigenvalue weighted by atomic mass is 9.96. The molecule has 0 saturated carbocycles. The number of rotatable bonds is 8. The minimum absolute atomic E-state index is 0.140. The Morgan fingerprint density at radius 2 is 1.90 bits per heavy atom. The number of ether oxygens (including phenoxy) is 3. The predicted molar refractivity (Wildman–Crippen MR) is 139 cm³/mol. The molecule has 2 aromatic heterocycles. The summed E-state index contributed by atoms with van der Waals surface area (Å²) in [7, 11) is 3.01. The fourth-order valence-corrected chi connectivity index (χ4v) is 5.63. The molecule has 2 aliphatic heterocycles. The molecule has 13 heteroatoms. The molecule has 0 bridgehead atoms. The highest BCUT2D eigenvalue weighted by Crippen LogP contribution is 2.41. The second-order valence-corrected chi connectivity index (χ2v) is 10.4. The van der Waals surface area contributed by atoms with Gasteiger partial charge in [-0.25, -0.2) is 9.97 Å². The smallest absolute Gasteiger partial charge is 0.421 e. The Balaban J connectivity index is 1.55. The van der Waals surface area contributed by atoms with Crippen molar-refractivity contribution in [3.8, 4) is 11.8 Å². The number of alkyl halides is 3. The summed E-state index contributed by atoms with van der Waals surface area (Å²) in [5, 5.41) is 9.83. The van der Waals surface area contributed by atoms with Crippen molar-refractivity contribution in [2.75, 3.05) is 43.7 Å². The molecular weight excluding hydrogens is 541 g/mol. The van der Waals surface area contributed by atoms with Gasteiger partial charge in [0.25, 0.3) is 0 Å². The Morgan fingerprint density at radius 1 is 1.15 bits per heavy atom. The van der Waals surface area contributed by atoms with Gasteiger partial charge in [-0.2, -0.15) is 13.2 Å². The Kier molecular flexibility index (Phi) is 8.65. The molecule has 9 nitrogen and oxygen atoms in total. The molecule has 0 spiro atoms. The number of methoxy groups -OCH3 is 2. The van der Waals surface area contributed by atoms with E-state index in [-0.39, 0.29) is 36.6 Å². The van der Waals surface area contributed by atoms with Gasteiger partial charge in [-0.1, -0.05) is 25.4 Å². The minimum Gasteiger partial charge on any atom is -0.481 e. The lowest BCUT2D eigenvalue weighted by Gasteiger charge is -2.38. The second-order valence-electron chi connectivity index (χ2n) is 10.0. The molecule has 214 valence electrons. The molecule has 2 fully saturated rings. The topological polar surface area (TPSA) is 97.2 Å². The molecule has 4 heterocycles. The molecule has 0 aliphatic carbocycles. The van der Waals surface area contributed by atoms with E-state index in [1.807, 2.05) is 18.7 Å². The first-order valence-electron chi connectivity index (χ1n) is 12.6. The highest BCUT2D eigenvalue weighted by atomic mass is 35.5. The molecule has 5 atom stereocenters. The molecule has 0 radical (unpaired) electrons. The summed E-state index contributed by atoms with van der Waals surface area (Å²) in [5.41, 5.74) is -0.0898. The normalized spacial score (nSPS) is 25.6. The van der Waals surface area contributed by atoms with Gasteiger partial charge < -0.3 is 29.1 Å². The minimum atomic E-state index is -4.72. The van der Waals surface area contributed by atoms with E-state index in [4.69, 9.17) is 25.8 Å². The van der Waals surface area contributed by atoms with Crippen LogP contribution in [0.15, 0.2) is 24.5 Å². The highest BCUT2D eigenvalue weighted by molar-refractivity contribution is 6.33. The van der Waals surface area contributed by atoms with Crippen LogP contribution in [-0.4, -0.2) is 73.1 Å². The number of aliphatic carboxylic acids is 1. The largest absolute Gasteiger partial charge is 0.481 e. The van der Waals surface area contributed by atoms with Crippen molar-refractivity contribution in [2.24, 2.45) is 11.8 Å². The first kappa shape index (κ1) is 29.0. The van der Waals surface area contributed by atoms with Gasteiger partial charge in [-0.05, 0) is 6.07 Å².